The molecule has 0 aromatic rings. The van der Waals surface area contributed by atoms with Crippen LogP contribution in [0.1, 0.15) is 6.92 Å². The molecule has 0 aliphatic heterocycles. The van der Waals surface area contributed by atoms with E-state index in [1.807, 2.05) is 0 Å². The third-order valence-corrected chi connectivity index (χ3v) is 1.02. The van der Waals surface area contributed by atoms with Gasteiger partial charge < -0.3 is 0 Å². The molecule has 0 N–H and O–H groups in total. The molecule has 0 aromatic heterocycles. The largest absolute Gasteiger partial charge is 0.250 e. The number of rotatable bonds is 2. The smallest absolute Gasteiger partial charge is 0.168 e. The molecule has 42 valence electrons. The molecule has 0 nitrogen and oxygen atoms in total. The number of hydrogen-bond donors (Lipinski definition) is 0. The number of halogens is 2. The molecule has 0 rings (SSSR count). The second-order valence-corrected chi connectivity index (χ2v) is 1.75. The van der Waals surface area contributed by atoms with Gasteiger partial charge in [0.25, 0.3) is 0 Å². The van der Waals surface area contributed by atoms with Crippen LogP contribution in [0.2, 0.25) is 0 Å². The molecule has 0 bridgehead atoms. The average Bonchev–Trinajstić information content (AvgIpc) is 1.65. The molecule has 0 aliphatic rings. The summed E-state index contributed by atoms with van der Waals surface area (Å²) < 4.78 is 22.9. The van der Waals surface area contributed by atoms with E-state index < -0.39 is 17.7 Å². The molecule has 0 radical (unpaired) electrons. The Labute approximate surface area is 46.5 Å². The summed E-state index contributed by atoms with van der Waals surface area (Å²) in [4.78, 5) is 0. The van der Waals surface area contributed by atoms with Gasteiger partial charge in [-0.2, -0.15) is 4.39 Å². The number of thiocarbonyl (C=S) groups is 1. The molecule has 0 spiro atoms. The average molecular weight is 124 g/mol. The summed E-state index contributed by atoms with van der Waals surface area (Å²) in [6.45, 7) is 0.706. The molecule has 0 saturated heterocycles. The van der Waals surface area contributed by atoms with E-state index in [-0.39, 0.29) is 0 Å². The zero-order valence-electron chi connectivity index (χ0n) is 3.95. The fourth-order valence-corrected chi connectivity index (χ4v) is 0.124. The van der Waals surface area contributed by atoms with Gasteiger partial charge in [-0.3, -0.25) is 4.39 Å². The third kappa shape index (κ3) is 2.62. The first-order chi connectivity index (χ1) is 3.18. The van der Waals surface area contributed by atoms with Crippen molar-refractivity contribution >= 4 is 17.3 Å². The first-order valence-corrected chi connectivity index (χ1v) is 2.34. The van der Waals surface area contributed by atoms with Gasteiger partial charge in [-0.05, 0) is 0 Å². The monoisotopic (exact) mass is 124 g/mol. The van der Waals surface area contributed by atoms with E-state index in [1.165, 1.54) is 6.92 Å². The van der Waals surface area contributed by atoms with E-state index in [1.54, 1.807) is 0 Å². The first kappa shape index (κ1) is 6.95. The standard InChI is InChI=1S/C4H6F2S/c1-3(2-5)4(6)7/h3H,2H2,1H3. The van der Waals surface area contributed by atoms with Crippen molar-refractivity contribution in [1.29, 1.82) is 0 Å². The first-order valence-electron chi connectivity index (χ1n) is 1.93. The van der Waals surface area contributed by atoms with Gasteiger partial charge >= 0.3 is 0 Å². The van der Waals surface area contributed by atoms with E-state index >= 15 is 0 Å². The lowest BCUT2D eigenvalue weighted by atomic mass is 10.2. The summed E-state index contributed by atoms with van der Waals surface area (Å²) in [6, 6.07) is 0. The molecule has 0 amide bonds. The fourth-order valence-electron chi connectivity index (χ4n) is 0.0607. The molecule has 1 unspecified atom stereocenters. The van der Waals surface area contributed by atoms with Crippen molar-refractivity contribution in [2.75, 3.05) is 6.67 Å². The van der Waals surface area contributed by atoms with Crippen LogP contribution in [0.5, 0.6) is 0 Å². The fraction of sp³-hybridized carbons (Fsp3) is 0.750. The van der Waals surface area contributed by atoms with Crippen LogP contribution in [0, 0.1) is 5.92 Å². The van der Waals surface area contributed by atoms with E-state index in [2.05, 4.69) is 12.2 Å². The zero-order chi connectivity index (χ0) is 5.86. The third-order valence-electron chi connectivity index (χ3n) is 0.619. The van der Waals surface area contributed by atoms with Crippen molar-refractivity contribution in [3.05, 3.63) is 0 Å². The Morgan fingerprint density at radius 1 is 1.86 bits per heavy atom. The minimum atomic E-state index is -0.748. The quantitative estimate of drug-likeness (QED) is 0.400. The van der Waals surface area contributed by atoms with Crippen LogP contribution in [0.15, 0.2) is 0 Å². The van der Waals surface area contributed by atoms with Crippen LogP contribution in [0.3, 0.4) is 0 Å². The van der Waals surface area contributed by atoms with Crippen LogP contribution >= 0.6 is 12.2 Å². The van der Waals surface area contributed by atoms with Crippen molar-refractivity contribution in [1.82, 2.24) is 0 Å². The summed E-state index contributed by atoms with van der Waals surface area (Å²) in [5.41, 5.74) is 0. The van der Waals surface area contributed by atoms with Crippen molar-refractivity contribution in [3.63, 3.8) is 0 Å². The Hall–Kier alpha value is -0.0500. The normalized spacial score (nSPS) is 13.6. The Bertz CT molecular complexity index is 72.1. The highest BCUT2D eigenvalue weighted by atomic mass is 32.1. The minimum absolute atomic E-state index is 0.699. The van der Waals surface area contributed by atoms with Gasteiger partial charge in [0.15, 0.2) is 5.12 Å². The second kappa shape index (κ2) is 3.02. The molecule has 0 heterocycles. The van der Waals surface area contributed by atoms with E-state index in [4.69, 9.17) is 0 Å². The van der Waals surface area contributed by atoms with Crippen LogP contribution < -0.4 is 0 Å². The summed E-state index contributed by atoms with van der Waals surface area (Å²) in [5.74, 6) is -0.699. The molecular weight excluding hydrogens is 118 g/mol. The van der Waals surface area contributed by atoms with Crippen molar-refractivity contribution in [2.24, 2.45) is 5.92 Å². The number of alkyl halides is 1. The molecule has 0 aliphatic carbocycles. The predicted molar refractivity (Wildman–Crippen MR) is 28.8 cm³/mol. The zero-order valence-corrected chi connectivity index (χ0v) is 4.77. The molecule has 0 aromatic carbocycles. The van der Waals surface area contributed by atoms with Gasteiger partial charge in [-0.25, -0.2) is 0 Å². The topological polar surface area (TPSA) is 0 Å². The van der Waals surface area contributed by atoms with Gasteiger partial charge in [-0.15, -0.1) is 0 Å². The van der Waals surface area contributed by atoms with Crippen LogP contribution in [0.25, 0.3) is 0 Å². The van der Waals surface area contributed by atoms with E-state index in [0.29, 0.717) is 0 Å². The van der Waals surface area contributed by atoms with E-state index in [0.717, 1.165) is 0 Å². The Balaban J connectivity index is 3.34. The highest BCUT2D eigenvalue weighted by Crippen LogP contribution is 1.99. The SMILES string of the molecule is CC(CF)C(F)=S. The summed E-state index contributed by atoms with van der Waals surface area (Å²) in [6.07, 6.45) is 0. The Kier molecular flexibility index (Phi) is 3.00. The lowest BCUT2D eigenvalue weighted by Gasteiger charge is -1.95. The summed E-state index contributed by atoms with van der Waals surface area (Å²) >= 11 is 4.01. The second-order valence-electron chi connectivity index (χ2n) is 1.36. The summed E-state index contributed by atoms with van der Waals surface area (Å²) in [5, 5.41) is -0.748. The Morgan fingerprint density at radius 3 is 2.29 bits per heavy atom. The van der Waals surface area contributed by atoms with Crippen molar-refractivity contribution < 1.29 is 8.78 Å². The van der Waals surface area contributed by atoms with E-state index in [9.17, 15) is 8.78 Å². The van der Waals surface area contributed by atoms with Crippen molar-refractivity contribution in [2.45, 2.75) is 6.92 Å². The van der Waals surface area contributed by atoms with Gasteiger partial charge in [0.1, 0.15) is 0 Å². The van der Waals surface area contributed by atoms with Gasteiger partial charge in [0, 0.05) is 5.92 Å². The predicted octanol–water partition coefficient (Wildman–Crippen LogP) is 1.89. The highest BCUT2D eigenvalue weighted by molar-refractivity contribution is 7.80. The Morgan fingerprint density at radius 2 is 2.29 bits per heavy atom. The number of hydrogen-bond acceptors (Lipinski definition) is 1. The van der Waals surface area contributed by atoms with Gasteiger partial charge in [0.2, 0.25) is 0 Å². The van der Waals surface area contributed by atoms with Crippen molar-refractivity contribution in [3.8, 4) is 0 Å². The maximum Gasteiger partial charge on any atom is 0.168 e. The van der Waals surface area contributed by atoms with Crippen LogP contribution in [-0.2, 0) is 0 Å². The molecular formula is C4H6F2S. The maximum absolute atomic E-state index is 11.6. The van der Waals surface area contributed by atoms with Crippen LogP contribution in [0.4, 0.5) is 8.78 Å². The molecule has 7 heavy (non-hydrogen) atoms. The lowest BCUT2D eigenvalue weighted by molar-refractivity contribution is 0.433. The lowest BCUT2D eigenvalue weighted by Crippen LogP contribution is -2.03. The molecule has 0 fully saturated rings. The molecule has 1 atom stereocenters. The maximum atomic E-state index is 11.6. The molecule has 3 heteroatoms. The summed E-state index contributed by atoms with van der Waals surface area (Å²) in [7, 11) is 0. The van der Waals surface area contributed by atoms with Gasteiger partial charge in [0.05, 0.1) is 6.67 Å². The van der Waals surface area contributed by atoms with Crippen LogP contribution in [-0.4, -0.2) is 11.8 Å². The molecule has 0 saturated carbocycles. The highest BCUT2D eigenvalue weighted by Gasteiger charge is 2.04. The van der Waals surface area contributed by atoms with Gasteiger partial charge in [-0.1, -0.05) is 19.1 Å². The minimum Gasteiger partial charge on any atom is -0.250 e.